The number of nitrogens with zero attached hydrogens (tertiary/aromatic N) is 3. The summed E-state index contributed by atoms with van der Waals surface area (Å²) >= 11 is 0. The second kappa shape index (κ2) is 6.20. The minimum absolute atomic E-state index is 0.184. The van der Waals surface area contributed by atoms with Gasteiger partial charge in [-0.2, -0.15) is 5.10 Å². The molecule has 1 amide bonds. The molecule has 2 aromatic rings. The normalized spacial score (nSPS) is 16.7. The Bertz CT molecular complexity index is 706. The number of aromatic nitrogens is 3. The molecule has 7 heteroatoms. The number of carboxylic acid groups (broad SMARTS) is 1. The predicted molar refractivity (Wildman–Crippen MR) is 82.3 cm³/mol. The molecule has 0 saturated heterocycles. The number of rotatable bonds is 4. The van der Waals surface area contributed by atoms with E-state index in [0.717, 1.165) is 19.3 Å². The van der Waals surface area contributed by atoms with Crippen LogP contribution in [0.5, 0.6) is 0 Å². The number of aliphatic carboxylic acids is 1. The fourth-order valence-electron chi connectivity index (χ4n) is 2.94. The zero-order valence-electron chi connectivity index (χ0n) is 12.6. The molecular weight excluding hydrogens is 296 g/mol. The Kier molecular flexibility index (Phi) is 4.10. The Morgan fingerprint density at radius 3 is 2.65 bits per heavy atom. The molecule has 7 nitrogen and oxygen atoms in total. The predicted octanol–water partition coefficient (Wildman–Crippen LogP) is 1.78. The zero-order chi connectivity index (χ0) is 16.3. The lowest BCUT2D eigenvalue weighted by Crippen LogP contribution is -2.55. The van der Waals surface area contributed by atoms with Gasteiger partial charge < -0.3 is 10.4 Å². The Labute approximate surface area is 133 Å². The van der Waals surface area contributed by atoms with E-state index in [4.69, 9.17) is 0 Å². The van der Waals surface area contributed by atoms with E-state index < -0.39 is 17.4 Å². The molecule has 1 fully saturated rings. The summed E-state index contributed by atoms with van der Waals surface area (Å²) in [4.78, 5) is 28.2. The van der Waals surface area contributed by atoms with Gasteiger partial charge in [0, 0.05) is 18.6 Å². The summed E-state index contributed by atoms with van der Waals surface area (Å²) in [7, 11) is 0. The van der Waals surface area contributed by atoms with Gasteiger partial charge >= 0.3 is 5.97 Å². The average molecular weight is 314 g/mol. The first kappa shape index (κ1) is 15.2. The molecule has 1 aliphatic rings. The van der Waals surface area contributed by atoms with E-state index in [1.165, 1.54) is 6.20 Å². The molecular formula is C16H18N4O3. The number of carbonyl (C=O) groups excluding carboxylic acids is 1. The third kappa shape index (κ3) is 3.08. The molecule has 0 aliphatic heterocycles. The van der Waals surface area contributed by atoms with Crippen LogP contribution in [0, 0.1) is 0 Å². The lowest BCUT2D eigenvalue weighted by Gasteiger charge is -2.33. The molecule has 0 atom stereocenters. The van der Waals surface area contributed by atoms with Crippen LogP contribution in [0.1, 0.15) is 42.6 Å². The molecule has 2 heterocycles. The van der Waals surface area contributed by atoms with Gasteiger partial charge in [0.05, 0.1) is 5.69 Å². The number of carbonyl (C=O) groups is 2. The van der Waals surface area contributed by atoms with Crippen molar-refractivity contribution in [2.45, 2.75) is 37.6 Å². The van der Waals surface area contributed by atoms with Crippen molar-refractivity contribution in [3.05, 3.63) is 42.5 Å². The van der Waals surface area contributed by atoms with Gasteiger partial charge in [0.15, 0.2) is 0 Å². The molecule has 0 spiro atoms. The summed E-state index contributed by atoms with van der Waals surface area (Å²) < 4.78 is 1.62. The third-order valence-corrected chi connectivity index (χ3v) is 4.21. The topological polar surface area (TPSA) is 97.1 Å². The molecule has 1 aliphatic carbocycles. The first-order chi connectivity index (χ1) is 11.1. The fourth-order valence-corrected chi connectivity index (χ4v) is 2.94. The van der Waals surface area contributed by atoms with E-state index in [-0.39, 0.29) is 5.69 Å². The number of hydrogen-bond acceptors (Lipinski definition) is 4. The van der Waals surface area contributed by atoms with Crippen molar-refractivity contribution in [1.29, 1.82) is 0 Å². The minimum atomic E-state index is -1.18. The van der Waals surface area contributed by atoms with Crippen molar-refractivity contribution in [1.82, 2.24) is 20.1 Å². The van der Waals surface area contributed by atoms with Gasteiger partial charge in [0.2, 0.25) is 0 Å². The molecule has 0 bridgehead atoms. The van der Waals surface area contributed by atoms with Gasteiger partial charge in [0.1, 0.15) is 11.2 Å². The van der Waals surface area contributed by atoms with Crippen LogP contribution in [0.15, 0.2) is 36.8 Å². The second-order valence-corrected chi connectivity index (χ2v) is 5.75. The summed E-state index contributed by atoms with van der Waals surface area (Å²) in [5.41, 5.74) is -0.300. The smallest absolute Gasteiger partial charge is 0.329 e. The summed E-state index contributed by atoms with van der Waals surface area (Å²) in [6, 6.07) is 5.11. The van der Waals surface area contributed by atoms with E-state index in [0.29, 0.717) is 18.5 Å². The third-order valence-electron chi connectivity index (χ3n) is 4.21. The first-order valence-electron chi connectivity index (χ1n) is 7.63. The lowest BCUT2D eigenvalue weighted by atomic mass is 9.81. The Balaban J connectivity index is 1.83. The zero-order valence-corrected chi connectivity index (χ0v) is 12.6. The number of nitrogens with one attached hydrogen (secondary N) is 1. The van der Waals surface area contributed by atoms with E-state index in [1.807, 2.05) is 0 Å². The van der Waals surface area contributed by atoms with Gasteiger partial charge in [-0.1, -0.05) is 19.3 Å². The van der Waals surface area contributed by atoms with Crippen molar-refractivity contribution in [2.24, 2.45) is 0 Å². The van der Waals surface area contributed by atoms with Crippen LogP contribution in [0.25, 0.3) is 5.69 Å². The van der Waals surface area contributed by atoms with Crippen molar-refractivity contribution < 1.29 is 14.7 Å². The quantitative estimate of drug-likeness (QED) is 0.896. The fraction of sp³-hybridized carbons (Fsp3) is 0.375. The molecule has 1 saturated carbocycles. The highest BCUT2D eigenvalue weighted by atomic mass is 16.4. The Morgan fingerprint density at radius 1 is 1.22 bits per heavy atom. The molecule has 0 radical (unpaired) electrons. The van der Waals surface area contributed by atoms with Crippen molar-refractivity contribution in [2.75, 3.05) is 0 Å². The molecule has 120 valence electrons. The molecule has 3 rings (SSSR count). The van der Waals surface area contributed by atoms with Crippen LogP contribution in [-0.2, 0) is 4.79 Å². The lowest BCUT2D eigenvalue weighted by molar-refractivity contribution is -0.145. The standard InChI is InChI=1S/C16H18N4O3/c21-14(19-16(15(22)23)6-2-1-3-7-16)13-11-12(5-9-17-13)20-10-4-8-18-20/h4-5,8-11H,1-3,6-7H2,(H,19,21)(H,22,23). The first-order valence-corrected chi connectivity index (χ1v) is 7.63. The molecule has 2 aromatic heterocycles. The number of amides is 1. The maximum absolute atomic E-state index is 12.5. The van der Waals surface area contributed by atoms with Gasteiger partial charge in [0.25, 0.3) is 5.91 Å². The maximum atomic E-state index is 12.5. The van der Waals surface area contributed by atoms with E-state index in [2.05, 4.69) is 15.4 Å². The van der Waals surface area contributed by atoms with E-state index in [9.17, 15) is 14.7 Å². The number of pyridine rings is 1. The molecule has 0 unspecified atom stereocenters. The van der Waals surface area contributed by atoms with Gasteiger partial charge in [-0.3, -0.25) is 9.78 Å². The second-order valence-electron chi connectivity index (χ2n) is 5.75. The van der Waals surface area contributed by atoms with Gasteiger partial charge in [-0.15, -0.1) is 0 Å². The van der Waals surface area contributed by atoms with Crippen LogP contribution >= 0.6 is 0 Å². The van der Waals surface area contributed by atoms with E-state index in [1.54, 1.807) is 35.3 Å². The van der Waals surface area contributed by atoms with Crippen LogP contribution in [0.4, 0.5) is 0 Å². The van der Waals surface area contributed by atoms with Crippen LogP contribution in [0.3, 0.4) is 0 Å². The number of hydrogen-bond donors (Lipinski definition) is 2. The van der Waals surface area contributed by atoms with Gasteiger partial charge in [-0.05, 0) is 31.0 Å². The van der Waals surface area contributed by atoms with Crippen LogP contribution in [0.2, 0.25) is 0 Å². The number of carboxylic acids is 1. The minimum Gasteiger partial charge on any atom is -0.480 e. The summed E-state index contributed by atoms with van der Waals surface area (Å²) in [5, 5.41) is 16.3. The summed E-state index contributed by atoms with van der Waals surface area (Å²) in [6.07, 6.45) is 8.41. The Hall–Kier alpha value is -2.70. The van der Waals surface area contributed by atoms with Gasteiger partial charge in [-0.25, -0.2) is 9.48 Å². The largest absolute Gasteiger partial charge is 0.480 e. The Morgan fingerprint density at radius 2 is 2.00 bits per heavy atom. The SMILES string of the molecule is O=C(NC1(C(=O)O)CCCCC1)c1cc(-n2cccn2)ccn1. The maximum Gasteiger partial charge on any atom is 0.329 e. The molecule has 0 aromatic carbocycles. The van der Waals surface area contributed by atoms with Crippen molar-refractivity contribution in [3.63, 3.8) is 0 Å². The monoisotopic (exact) mass is 314 g/mol. The van der Waals surface area contributed by atoms with Crippen LogP contribution in [-0.4, -0.2) is 37.3 Å². The highest BCUT2D eigenvalue weighted by Gasteiger charge is 2.41. The van der Waals surface area contributed by atoms with E-state index >= 15 is 0 Å². The van der Waals surface area contributed by atoms with Crippen LogP contribution < -0.4 is 5.32 Å². The van der Waals surface area contributed by atoms with Crippen molar-refractivity contribution >= 4 is 11.9 Å². The molecule has 23 heavy (non-hydrogen) atoms. The van der Waals surface area contributed by atoms with Crippen molar-refractivity contribution in [3.8, 4) is 5.69 Å². The average Bonchev–Trinajstić information content (AvgIpc) is 3.10. The highest BCUT2D eigenvalue weighted by Crippen LogP contribution is 2.28. The summed E-state index contributed by atoms with van der Waals surface area (Å²) in [6.45, 7) is 0. The summed E-state index contributed by atoms with van der Waals surface area (Å²) in [5.74, 6) is -1.45. The highest BCUT2D eigenvalue weighted by molar-refractivity contribution is 5.96. The molecule has 2 N–H and O–H groups in total.